The second-order valence-electron chi connectivity index (χ2n) is 13.5. The van der Waals surface area contributed by atoms with Gasteiger partial charge in [0.1, 0.15) is 0 Å². The zero-order chi connectivity index (χ0) is 36.1. The lowest BCUT2D eigenvalue weighted by atomic mass is 10.0. The van der Waals surface area contributed by atoms with Gasteiger partial charge >= 0.3 is 7.82 Å². The Morgan fingerprint density at radius 1 is 0.653 bits per heavy atom. The largest absolute Gasteiger partial charge is 0.472 e. The number of aliphatic hydroxyl groups excluding tert-OH is 1. The summed E-state index contributed by atoms with van der Waals surface area (Å²) in [5.41, 5.74) is 5.36. The highest BCUT2D eigenvalue weighted by Gasteiger charge is 2.26. The van der Waals surface area contributed by atoms with E-state index in [1.807, 2.05) is 6.08 Å². The molecule has 0 fully saturated rings. The summed E-state index contributed by atoms with van der Waals surface area (Å²) in [5, 5.41) is 13.6. The molecule has 0 bridgehead atoms. The summed E-state index contributed by atoms with van der Waals surface area (Å²) in [6.07, 6.45) is 41.9. The minimum Gasteiger partial charge on any atom is -0.387 e. The van der Waals surface area contributed by atoms with Gasteiger partial charge in [-0.3, -0.25) is 13.8 Å². The quantitative estimate of drug-likeness (QED) is 0.0286. The molecule has 0 saturated carbocycles. The van der Waals surface area contributed by atoms with E-state index in [1.165, 1.54) is 116 Å². The van der Waals surface area contributed by atoms with Crippen LogP contribution in [0, 0.1) is 0 Å². The predicted octanol–water partition coefficient (Wildman–Crippen LogP) is 10.8. The minimum atomic E-state index is -4.34. The Hall–Kier alpha value is -1.28. The topological polar surface area (TPSA) is 131 Å². The van der Waals surface area contributed by atoms with Gasteiger partial charge in [-0.15, -0.1) is 0 Å². The van der Waals surface area contributed by atoms with Crippen molar-refractivity contribution in [3.05, 3.63) is 36.5 Å². The van der Waals surface area contributed by atoms with Crippen LogP contribution >= 0.6 is 7.82 Å². The number of carbonyl (C=O) groups excluding carboxylic acids is 1. The van der Waals surface area contributed by atoms with Gasteiger partial charge in [0, 0.05) is 13.0 Å². The Balaban J connectivity index is 4.36. The van der Waals surface area contributed by atoms with E-state index < -0.39 is 20.0 Å². The SMILES string of the molecule is CCCCCCCC/C=C/CC/C=C/CC/C=C/C(O)C(COP(=O)(O)OCCN)NC(=O)CCCCCCCCCCCCCCCC. The molecule has 0 heterocycles. The number of nitrogens with one attached hydrogen (secondary N) is 1. The molecule has 0 aromatic rings. The molecule has 0 aromatic carbocycles. The molecule has 0 radical (unpaired) electrons. The smallest absolute Gasteiger partial charge is 0.387 e. The molecule has 0 aliphatic carbocycles. The lowest BCUT2D eigenvalue weighted by molar-refractivity contribution is -0.123. The maximum absolute atomic E-state index is 12.7. The van der Waals surface area contributed by atoms with Crippen LogP contribution in [0.15, 0.2) is 36.5 Å². The number of rotatable bonds is 37. The van der Waals surface area contributed by atoms with Crippen molar-refractivity contribution >= 4 is 13.7 Å². The van der Waals surface area contributed by atoms with Crippen molar-refractivity contribution in [2.24, 2.45) is 5.73 Å². The third-order valence-corrected chi connectivity index (χ3v) is 9.68. The molecule has 8 nitrogen and oxygen atoms in total. The highest BCUT2D eigenvalue weighted by atomic mass is 31.2. The predicted molar refractivity (Wildman–Crippen MR) is 208 cm³/mol. The lowest BCUT2D eigenvalue weighted by Gasteiger charge is -2.23. The molecule has 0 saturated heterocycles. The summed E-state index contributed by atoms with van der Waals surface area (Å²) < 4.78 is 22.0. The molecule has 0 aliphatic rings. The summed E-state index contributed by atoms with van der Waals surface area (Å²) in [6.45, 7) is 4.09. The number of aliphatic hydroxyl groups is 1. The maximum atomic E-state index is 12.7. The molecule has 3 unspecified atom stereocenters. The highest BCUT2D eigenvalue weighted by Crippen LogP contribution is 2.43. The standard InChI is InChI=1S/C40H77N2O6P/c1-3-5-7-9-11-13-15-17-19-20-21-23-25-27-29-31-33-39(43)38(37-48-49(45,46)47-36-35-41)42-40(44)34-32-30-28-26-24-22-18-16-14-12-10-8-6-4-2/h17,19,23,25,31,33,38-39,43H,3-16,18,20-22,24,26-30,32,34-37,41H2,1-2H3,(H,42,44)(H,45,46)/b19-17+,25-23+,33-31+. The Morgan fingerprint density at radius 2 is 1.08 bits per heavy atom. The summed E-state index contributed by atoms with van der Waals surface area (Å²) in [7, 11) is -4.34. The van der Waals surface area contributed by atoms with Gasteiger partial charge in [-0.1, -0.05) is 166 Å². The molecule has 9 heteroatoms. The Bertz CT molecular complexity index is 866. The third-order valence-electron chi connectivity index (χ3n) is 8.70. The van der Waals surface area contributed by atoms with Crippen molar-refractivity contribution in [3.63, 3.8) is 0 Å². The zero-order valence-corrected chi connectivity index (χ0v) is 32.6. The van der Waals surface area contributed by atoms with Gasteiger partial charge in [-0.25, -0.2) is 4.57 Å². The number of unbranched alkanes of at least 4 members (excludes halogenated alkanes) is 21. The summed E-state index contributed by atoms with van der Waals surface area (Å²) in [6, 6.07) is -0.879. The molecule has 0 aliphatic heterocycles. The first-order valence-electron chi connectivity index (χ1n) is 20.1. The average Bonchev–Trinajstić information content (AvgIpc) is 3.09. The number of amides is 1. The van der Waals surface area contributed by atoms with Crippen molar-refractivity contribution in [1.82, 2.24) is 5.32 Å². The van der Waals surface area contributed by atoms with Gasteiger partial charge in [0.25, 0.3) is 0 Å². The first-order chi connectivity index (χ1) is 23.9. The second-order valence-corrected chi connectivity index (χ2v) is 14.9. The minimum absolute atomic E-state index is 0.0725. The molecule has 0 spiro atoms. The van der Waals surface area contributed by atoms with Gasteiger partial charge < -0.3 is 21.1 Å². The average molecular weight is 713 g/mol. The number of carbonyl (C=O) groups is 1. The van der Waals surface area contributed by atoms with Crippen molar-refractivity contribution < 1.29 is 28.4 Å². The van der Waals surface area contributed by atoms with Gasteiger partial charge in [0.2, 0.25) is 5.91 Å². The van der Waals surface area contributed by atoms with Crippen LogP contribution in [0.5, 0.6) is 0 Å². The van der Waals surface area contributed by atoms with Crippen LogP contribution in [0.3, 0.4) is 0 Å². The summed E-state index contributed by atoms with van der Waals surface area (Å²) in [5.74, 6) is -0.209. The maximum Gasteiger partial charge on any atom is 0.472 e. The Labute approximate surface area is 301 Å². The summed E-state index contributed by atoms with van der Waals surface area (Å²) in [4.78, 5) is 22.6. The molecular formula is C40H77N2O6P. The molecule has 0 rings (SSSR count). The number of hydrogen-bond acceptors (Lipinski definition) is 6. The molecule has 3 atom stereocenters. The van der Waals surface area contributed by atoms with Crippen LogP contribution in [0.4, 0.5) is 0 Å². The number of phosphoric ester groups is 1. The fourth-order valence-corrected chi connectivity index (χ4v) is 6.39. The fourth-order valence-electron chi connectivity index (χ4n) is 5.63. The normalized spacial score (nSPS) is 14.6. The van der Waals surface area contributed by atoms with E-state index in [9.17, 15) is 19.4 Å². The first-order valence-corrected chi connectivity index (χ1v) is 21.6. The highest BCUT2D eigenvalue weighted by molar-refractivity contribution is 7.47. The van der Waals surface area contributed by atoms with Crippen molar-refractivity contribution in [1.29, 1.82) is 0 Å². The Kier molecular flexibility index (Phi) is 35.6. The zero-order valence-electron chi connectivity index (χ0n) is 31.7. The number of allylic oxidation sites excluding steroid dienone is 5. The van der Waals surface area contributed by atoms with Crippen LogP contribution in [0.25, 0.3) is 0 Å². The van der Waals surface area contributed by atoms with Crippen molar-refractivity contribution in [2.75, 3.05) is 19.8 Å². The van der Waals surface area contributed by atoms with Crippen LogP contribution in [0.2, 0.25) is 0 Å². The second kappa shape index (κ2) is 36.5. The first kappa shape index (κ1) is 47.7. The van der Waals surface area contributed by atoms with Crippen LogP contribution in [0.1, 0.15) is 181 Å². The number of nitrogens with two attached hydrogens (primary N) is 1. The van der Waals surface area contributed by atoms with E-state index >= 15 is 0 Å². The van der Waals surface area contributed by atoms with E-state index in [-0.39, 0.29) is 25.7 Å². The molecule has 49 heavy (non-hydrogen) atoms. The lowest BCUT2D eigenvalue weighted by Crippen LogP contribution is -2.45. The van der Waals surface area contributed by atoms with Crippen LogP contribution in [-0.2, 0) is 18.4 Å². The van der Waals surface area contributed by atoms with Crippen molar-refractivity contribution in [3.8, 4) is 0 Å². The number of hydrogen-bond donors (Lipinski definition) is 4. The summed E-state index contributed by atoms with van der Waals surface area (Å²) >= 11 is 0. The van der Waals surface area contributed by atoms with Crippen LogP contribution < -0.4 is 11.1 Å². The van der Waals surface area contributed by atoms with E-state index in [0.29, 0.717) is 6.42 Å². The van der Waals surface area contributed by atoms with E-state index in [2.05, 4.69) is 43.5 Å². The van der Waals surface area contributed by atoms with Gasteiger partial charge in [0.05, 0.1) is 25.4 Å². The molecular weight excluding hydrogens is 635 g/mol. The third kappa shape index (κ3) is 34.9. The monoisotopic (exact) mass is 713 g/mol. The Morgan fingerprint density at radius 3 is 1.57 bits per heavy atom. The molecule has 288 valence electrons. The van der Waals surface area contributed by atoms with Gasteiger partial charge in [0.15, 0.2) is 0 Å². The van der Waals surface area contributed by atoms with E-state index in [4.69, 9.17) is 14.8 Å². The molecule has 5 N–H and O–H groups in total. The number of phosphoric acid groups is 1. The van der Waals surface area contributed by atoms with E-state index in [1.54, 1.807) is 6.08 Å². The molecule has 0 aromatic heterocycles. The van der Waals surface area contributed by atoms with E-state index in [0.717, 1.165) is 44.9 Å². The van der Waals surface area contributed by atoms with Gasteiger partial charge in [-0.05, 0) is 44.9 Å². The van der Waals surface area contributed by atoms with Crippen molar-refractivity contribution in [2.45, 2.75) is 193 Å². The fraction of sp³-hybridized carbons (Fsp3) is 0.825. The van der Waals surface area contributed by atoms with Gasteiger partial charge in [-0.2, -0.15) is 0 Å². The van der Waals surface area contributed by atoms with Crippen LogP contribution in [-0.4, -0.2) is 47.8 Å². The molecule has 1 amide bonds.